The Hall–Kier alpha value is -0.540. The maximum absolute atomic E-state index is 5.92. The summed E-state index contributed by atoms with van der Waals surface area (Å²) in [6, 6.07) is 6.06. The molecule has 1 saturated carbocycles. The predicted octanol–water partition coefficient (Wildman–Crippen LogP) is 2.92. The minimum absolute atomic E-state index is 0.560. The maximum Gasteiger partial charge on any atom is 0.0370 e. The molecule has 0 spiro atoms. The molecule has 0 radical (unpaired) electrons. The summed E-state index contributed by atoms with van der Waals surface area (Å²) in [5.74, 6) is 0. The highest BCUT2D eigenvalue weighted by atomic mass is 79.9. The van der Waals surface area contributed by atoms with Gasteiger partial charge in [0.1, 0.15) is 0 Å². The van der Waals surface area contributed by atoms with Gasteiger partial charge in [-0.15, -0.1) is 0 Å². The minimum Gasteiger partial charge on any atom is -0.398 e. The number of anilines is 1. The van der Waals surface area contributed by atoms with E-state index in [2.05, 4.69) is 34.2 Å². The van der Waals surface area contributed by atoms with Crippen molar-refractivity contribution in [3.63, 3.8) is 0 Å². The van der Waals surface area contributed by atoms with Crippen LogP contribution in [0.5, 0.6) is 0 Å². The lowest BCUT2D eigenvalue weighted by Crippen LogP contribution is -2.21. The predicted molar refractivity (Wildman–Crippen MR) is 67.6 cm³/mol. The van der Waals surface area contributed by atoms with Crippen molar-refractivity contribution in [1.29, 1.82) is 0 Å². The fraction of sp³-hybridized carbons (Fsp3) is 0.500. The molecule has 0 atom stereocenters. The highest BCUT2D eigenvalue weighted by Crippen LogP contribution is 2.44. The first-order valence-corrected chi connectivity index (χ1v) is 6.13. The van der Waals surface area contributed by atoms with Crippen molar-refractivity contribution >= 4 is 21.6 Å². The Bertz CT molecular complexity index is 359. The van der Waals surface area contributed by atoms with Gasteiger partial charge in [0.2, 0.25) is 0 Å². The topological polar surface area (TPSA) is 38.0 Å². The number of rotatable bonds is 4. The highest BCUT2D eigenvalue weighted by Gasteiger charge is 2.36. The van der Waals surface area contributed by atoms with Crippen LogP contribution < -0.4 is 11.1 Å². The largest absolute Gasteiger partial charge is 0.398 e. The average Bonchev–Trinajstić information content (AvgIpc) is 2.88. The minimum atomic E-state index is 0.560. The van der Waals surface area contributed by atoms with Gasteiger partial charge in [-0.2, -0.15) is 0 Å². The summed E-state index contributed by atoms with van der Waals surface area (Å²) in [4.78, 5) is 0. The summed E-state index contributed by atoms with van der Waals surface area (Å²) < 4.78 is 1.04. The van der Waals surface area contributed by atoms with Crippen LogP contribution in [0, 0.1) is 5.41 Å². The molecule has 15 heavy (non-hydrogen) atoms. The van der Waals surface area contributed by atoms with Gasteiger partial charge in [-0.3, -0.25) is 0 Å². The molecule has 2 rings (SSSR count). The number of nitrogen functional groups attached to an aromatic ring is 1. The molecule has 0 unspecified atom stereocenters. The second-order valence-corrected chi connectivity index (χ2v) is 5.67. The second-order valence-electron chi connectivity index (χ2n) is 4.76. The van der Waals surface area contributed by atoms with Crippen molar-refractivity contribution in [2.45, 2.75) is 26.3 Å². The van der Waals surface area contributed by atoms with Crippen LogP contribution >= 0.6 is 15.9 Å². The second kappa shape index (κ2) is 4.14. The zero-order valence-corrected chi connectivity index (χ0v) is 10.6. The quantitative estimate of drug-likeness (QED) is 0.825. The van der Waals surface area contributed by atoms with E-state index in [1.807, 2.05) is 12.1 Å². The Morgan fingerprint density at radius 1 is 1.47 bits per heavy atom. The van der Waals surface area contributed by atoms with Crippen LogP contribution in [-0.2, 0) is 6.54 Å². The molecule has 1 aromatic carbocycles. The molecule has 1 aliphatic rings. The lowest BCUT2D eigenvalue weighted by atomic mass is 10.1. The van der Waals surface area contributed by atoms with Gasteiger partial charge in [0.25, 0.3) is 0 Å². The van der Waals surface area contributed by atoms with Crippen molar-refractivity contribution in [1.82, 2.24) is 5.32 Å². The maximum atomic E-state index is 5.92. The Morgan fingerprint density at radius 3 is 2.80 bits per heavy atom. The average molecular weight is 269 g/mol. The van der Waals surface area contributed by atoms with E-state index < -0.39 is 0 Å². The summed E-state index contributed by atoms with van der Waals surface area (Å²) in [7, 11) is 0. The number of hydrogen-bond acceptors (Lipinski definition) is 2. The van der Waals surface area contributed by atoms with E-state index in [-0.39, 0.29) is 0 Å². The van der Waals surface area contributed by atoms with E-state index in [9.17, 15) is 0 Å². The first kappa shape index (κ1) is 11.0. The Balaban J connectivity index is 1.87. The third-order valence-electron chi connectivity index (χ3n) is 3.08. The fourth-order valence-electron chi connectivity index (χ4n) is 1.62. The normalized spacial score (nSPS) is 17.7. The fourth-order valence-corrected chi connectivity index (χ4v) is 1.99. The smallest absolute Gasteiger partial charge is 0.0370 e. The molecular weight excluding hydrogens is 252 g/mol. The molecule has 3 N–H and O–H groups in total. The lowest BCUT2D eigenvalue weighted by molar-refractivity contribution is 0.500. The zero-order valence-electron chi connectivity index (χ0n) is 9.02. The number of hydrogen-bond donors (Lipinski definition) is 2. The van der Waals surface area contributed by atoms with E-state index in [1.165, 1.54) is 18.4 Å². The Kier molecular flexibility index (Phi) is 3.03. The summed E-state index contributed by atoms with van der Waals surface area (Å²) in [6.07, 6.45) is 2.71. The molecule has 1 aromatic rings. The van der Waals surface area contributed by atoms with Gasteiger partial charge in [-0.05, 0) is 36.0 Å². The van der Waals surface area contributed by atoms with Crippen molar-refractivity contribution in [2.75, 3.05) is 12.3 Å². The zero-order chi connectivity index (χ0) is 10.9. The lowest BCUT2D eigenvalue weighted by Gasteiger charge is -2.11. The van der Waals surface area contributed by atoms with Crippen LogP contribution in [-0.4, -0.2) is 6.54 Å². The van der Waals surface area contributed by atoms with E-state index in [4.69, 9.17) is 5.73 Å². The van der Waals surface area contributed by atoms with Crippen molar-refractivity contribution in [2.24, 2.45) is 5.41 Å². The standard InChI is InChI=1S/C12H17BrN2/c1-12(4-5-12)8-15-7-9-2-3-10(13)6-11(9)14/h2-3,6,15H,4-5,7-8,14H2,1H3. The van der Waals surface area contributed by atoms with Gasteiger partial charge in [0, 0.05) is 23.2 Å². The summed E-state index contributed by atoms with van der Waals surface area (Å²) in [6.45, 7) is 4.29. The molecule has 0 heterocycles. The van der Waals surface area contributed by atoms with Gasteiger partial charge in [-0.25, -0.2) is 0 Å². The molecule has 0 aromatic heterocycles. The summed E-state index contributed by atoms with van der Waals surface area (Å²) in [5, 5.41) is 3.47. The van der Waals surface area contributed by atoms with Crippen LogP contribution in [0.2, 0.25) is 0 Å². The van der Waals surface area contributed by atoms with E-state index in [0.717, 1.165) is 23.2 Å². The number of halogens is 1. The summed E-state index contributed by atoms with van der Waals surface area (Å²) in [5.41, 5.74) is 8.52. The van der Waals surface area contributed by atoms with Crippen LogP contribution in [0.4, 0.5) is 5.69 Å². The third kappa shape index (κ3) is 2.95. The van der Waals surface area contributed by atoms with Gasteiger partial charge in [0.05, 0.1) is 0 Å². The van der Waals surface area contributed by atoms with Gasteiger partial charge in [0.15, 0.2) is 0 Å². The number of benzene rings is 1. The third-order valence-corrected chi connectivity index (χ3v) is 3.57. The Morgan fingerprint density at radius 2 is 2.20 bits per heavy atom. The SMILES string of the molecule is CC1(CNCc2ccc(Br)cc2N)CC1. The molecule has 0 saturated heterocycles. The molecule has 1 aliphatic carbocycles. The number of nitrogens with two attached hydrogens (primary N) is 1. The number of nitrogens with one attached hydrogen (secondary N) is 1. The van der Waals surface area contributed by atoms with E-state index in [0.29, 0.717) is 5.41 Å². The van der Waals surface area contributed by atoms with Crippen LogP contribution in [0.3, 0.4) is 0 Å². The van der Waals surface area contributed by atoms with Gasteiger partial charge < -0.3 is 11.1 Å². The van der Waals surface area contributed by atoms with E-state index >= 15 is 0 Å². The highest BCUT2D eigenvalue weighted by molar-refractivity contribution is 9.10. The van der Waals surface area contributed by atoms with Gasteiger partial charge in [-0.1, -0.05) is 28.9 Å². The van der Waals surface area contributed by atoms with Crippen molar-refractivity contribution in [3.05, 3.63) is 28.2 Å². The molecule has 3 heteroatoms. The first-order chi connectivity index (χ1) is 7.09. The van der Waals surface area contributed by atoms with Crippen LogP contribution in [0.15, 0.2) is 22.7 Å². The van der Waals surface area contributed by atoms with E-state index in [1.54, 1.807) is 0 Å². The molecule has 0 amide bonds. The first-order valence-electron chi connectivity index (χ1n) is 5.34. The molecule has 82 valence electrons. The Labute approximate surface area is 99.4 Å². The monoisotopic (exact) mass is 268 g/mol. The van der Waals surface area contributed by atoms with Crippen molar-refractivity contribution in [3.8, 4) is 0 Å². The molecule has 1 fully saturated rings. The molecule has 0 aliphatic heterocycles. The summed E-state index contributed by atoms with van der Waals surface area (Å²) >= 11 is 3.41. The molecule has 0 bridgehead atoms. The van der Waals surface area contributed by atoms with Crippen molar-refractivity contribution < 1.29 is 0 Å². The molecular formula is C12H17BrN2. The van der Waals surface area contributed by atoms with Crippen LogP contribution in [0.25, 0.3) is 0 Å². The van der Waals surface area contributed by atoms with Gasteiger partial charge >= 0.3 is 0 Å². The van der Waals surface area contributed by atoms with Crippen LogP contribution in [0.1, 0.15) is 25.3 Å². The molecule has 2 nitrogen and oxygen atoms in total.